The number of nitrogens with one attached hydrogen (secondary N) is 1. The van der Waals surface area contributed by atoms with Crippen molar-refractivity contribution in [3.63, 3.8) is 0 Å². The van der Waals surface area contributed by atoms with Crippen LogP contribution in [0.25, 0.3) is 0 Å². The summed E-state index contributed by atoms with van der Waals surface area (Å²) in [4.78, 5) is 77.3. The number of carbonyl (C=O) groups excluding carboxylic acids is 3. The van der Waals surface area contributed by atoms with Crippen LogP contribution in [0.1, 0.15) is 28.8 Å². The molecule has 7 rings (SSSR count). The number of aromatic nitrogens is 1. The SMILES string of the molecule is Nc1nc(/C(=N/OC(c2ccccc2)(c2ccccc2)c2ccccc2)C(=O)N[C@@H]2C(=O)N3C(C(=O)O)=C(/C=C4\CCN(CC(=O)O)C4=O)CS[C@H]23)cs1. The van der Waals surface area contributed by atoms with E-state index in [9.17, 15) is 29.1 Å². The average Bonchev–Trinajstić information content (AvgIpc) is 3.76. The number of benzene rings is 3. The van der Waals surface area contributed by atoms with Crippen molar-refractivity contribution in [3.8, 4) is 0 Å². The second kappa shape index (κ2) is 15.0. The number of carboxylic acid groups (broad SMARTS) is 2. The average molecular weight is 765 g/mol. The number of nitrogens with zero attached hydrogens (tertiary/aromatic N) is 4. The molecule has 0 aliphatic carbocycles. The number of carboxylic acids is 2. The fraction of sp³-hybridized carbons (Fsp3) is 0.184. The van der Waals surface area contributed by atoms with Gasteiger partial charge in [-0.05, 0) is 18.1 Å². The quantitative estimate of drug-likeness (QED) is 0.0541. The number of fused-ring (bicyclic) bond motifs is 1. The number of amides is 3. The summed E-state index contributed by atoms with van der Waals surface area (Å²) in [6.45, 7) is -0.292. The third-order valence-electron chi connectivity index (χ3n) is 9.17. The zero-order valence-electron chi connectivity index (χ0n) is 28.3. The summed E-state index contributed by atoms with van der Waals surface area (Å²) in [5.41, 5.74) is 6.83. The summed E-state index contributed by atoms with van der Waals surface area (Å²) >= 11 is 2.30. The number of oxime groups is 1. The first-order valence-electron chi connectivity index (χ1n) is 16.7. The van der Waals surface area contributed by atoms with E-state index in [0.29, 0.717) is 0 Å². The van der Waals surface area contributed by atoms with Crippen molar-refractivity contribution in [1.29, 1.82) is 0 Å². The maximum Gasteiger partial charge on any atom is 0.352 e. The Morgan fingerprint density at radius 2 is 1.56 bits per heavy atom. The zero-order valence-corrected chi connectivity index (χ0v) is 30.0. The van der Waals surface area contributed by atoms with Gasteiger partial charge in [0.25, 0.3) is 11.8 Å². The van der Waals surface area contributed by atoms with Crippen LogP contribution >= 0.6 is 23.1 Å². The number of rotatable bonds is 12. The fourth-order valence-corrected chi connectivity index (χ4v) is 8.53. The van der Waals surface area contributed by atoms with E-state index >= 15 is 0 Å². The molecule has 2 atom stereocenters. The summed E-state index contributed by atoms with van der Waals surface area (Å²) in [7, 11) is 0. The van der Waals surface area contributed by atoms with Crippen molar-refractivity contribution in [3.05, 3.63) is 142 Å². The van der Waals surface area contributed by atoms with Crippen molar-refractivity contribution in [1.82, 2.24) is 20.1 Å². The fourth-order valence-electron chi connectivity index (χ4n) is 6.68. The van der Waals surface area contributed by atoms with Gasteiger partial charge in [-0.3, -0.25) is 24.1 Å². The normalized spacial score (nSPS) is 19.4. The molecule has 1 aromatic heterocycles. The van der Waals surface area contributed by atoms with E-state index in [4.69, 9.17) is 15.7 Å². The van der Waals surface area contributed by atoms with Gasteiger partial charge in [0.05, 0.1) is 0 Å². The van der Waals surface area contributed by atoms with Gasteiger partial charge in [0.15, 0.2) is 10.8 Å². The molecule has 4 aromatic rings. The summed E-state index contributed by atoms with van der Waals surface area (Å²) < 4.78 is 0. The molecule has 0 unspecified atom stereocenters. The van der Waals surface area contributed by atoms with Crippen LogP contribution in [0.3, 0.4) is 0 Å². The van der Waals surface area contributed by atoms with Gasteiger partial charge in [0.2, 0.25) is 11.5 Å². The molecule has 2 saturated heterocycles. The van der Waals surface area contributed by atoms with E-state index in [1.807, 2.05) is 91.0 Å². The summed E-state index contributed by atoms with van der Waals surface area (Å²) in [6.07, 6.45) is 1.65. The zero-order chi connectivity index (χ0) is 38.0. The molecule has 3 aliphatic rings. The predicted octanol–water partition coefficient (Wildman–Crippen LogP) is 3.42. The lowest BCUT2D eigenvalue weighted by atomic mass is 9.80. The Bertz CT molecular complexity index is 2130. The number of thioether (sulfide) groups is 1. The maximum atomic E-state index is 14.2. The number of hydrogen-bond donors (Lipinski definition) is 4. The molecule has 14 nitrogen and oxygen atoms in total. The number of nitrogen functional groups attached to an aromatic ring is 1. The molecule has 16 heteroatoms. The summed E-state index contributed by atoms with van der Waals surface area (Å²) in [6, 6.07) is 27.1. The lowest BCUT2D eigenvalue weighted by Gasteiger charge is -2.49. The Morgan fingerprint density at radius 3 is 2.07 bits per heavy atom. The number of carbonyl (C=O) groups is 5. The standard InChI is InChI=1S/C38H32N6O8S2/c39-37-40-27(21-54-37)29(42-52-38(24-10-4-1-5-11-24,25-12-6-2-7-13-25)26-14-8-3-9-15-26)32(47)41-30-34(49)44-31(36(50)51)23(20-53-35(30)44)18-22-16-17-43(33(22)48)19-28(45)46/h1-15,18,21,30,35H,16-17,19-20H2,(H2,39,40)(H,41,47)(H,45,46)(H,50,51)/b22-18+,42-29-/t30-,35-/m1/s1. The summed E-state index contributed by atoms with van der Waals surface area (Å²) in [5, 5.41) is 27.4. The molecule has 2 fully saturated rings. The van der Waals surface area contributed by atoms with E-state index in [1.165, 1.54) is 17.8 Å². The molecule has 274 valence electrons. The number of anilines is 1. The Morgan fingerprint density at radius 1 is 0.963 bits per heavy atom. The molecule has 3 aliphatic heterocycles. The largest absolute Gasteiger partial charge is 0.480 e. The number of nitrogens with two attached hydrogens (primary N) is 1. The lowest BCUT2D eigenvalue weighted by molar-refractivity contribution is -0.150. The highest BCUT2D eigenvalue weighted by atomic mass is 32.2. The van der Waals surface area contributed by atoms with Gasteiger partial charge in [0.1, 0.15) is 29.4 Å². The molecule has 3 amide bonds. The second-order valence-corrected chi connectivity index (χ2v) is 14.5. The minimum absolute atomic E-state index is 0.108. The molecule has 5 N–H and O–H groups in total. The predicted molar refractivity (Wildman–Crippen MR) is 200 cm³/mol. The highest BCUT2D eigenvalue weighted by Gasteiger charge is 2.54. The molecule has 3 aromatic carbocycles. The highest BCUT2D eigenvalue weighted by Crippen LogP contribution is 2.43. The first-order valence-corrected chi connectivity index (χ1v) is 18.6. The maximum absolute atomic E-state index is 14.2. The van der Waals surface area contributed by atoms with Crippen molar-refractivity contribution in [2.45, 2.75) is 23.4 Å². The first-order chi connectivity index (χ1) is 26.1. The van der Waals surface area contributed by atoms with E-state index < -0.39 is 53.2 Å². The number of aliphatic carboxylic acids is 2. The highest BCUT2D eigenvalue weighted by molar-refractivity contribution is 8.00. The molecule has 0 bridgehead atoms. The Labute approximate surface area is 316 Å². The van der Waals surface area contributed by atoms with Crippen LogP contribution in [0, 0.1) is 0 Å². The van der Waals surface area contributed by atoms with Gasteiger partial charge in [0, 0.05) is 39.9 Å². The van der Waals surface area contributed by atoms with E-state index in [2.05, 4.69) is 15.5 Å². The van der Waals surface area contributed by atoms with Gasteiger partial charge < -0.3 is 31.0 Å². The van der Waals surface area contributed by atoms with Gasteiger partial charge >= 0.3 is 11.9 Å². The lowest BCUT2D eigenvalue weighted by Crippen LogP contribution is -2.71. The monoisotopic (exact) mass is 764 g/mol. The second-order valence-electron chi connectivity index (χ2n) is 12.5. The van der Waals surface area contributed by atoms with Crippen LogP contribution in [0.15, 0.2) is 124 Å². The molecule has 0 radical (unpaired) electrons. The third-order valence-corrected chi connectivity index (χ3v) is 11.1. The molecule has 0 saturated carbocycles. The van der Waals surface area contributed by atoms with Crippen LogP contribution in [-0.4, -0.2) is 90.6 Å². The minimum Gasteiger partial charge on any atom is -0.480 e. The third kappa shape index (κ3) is 6.72. The van der Waals surface area contributed by atoms with Gasteiger partial charge in [-0.1, -0.05) is 96.2 Å². The van der Waals surface area contributed by atoms with Gasteiger partial charge in [-0.25, -0.2) is 9.78 Å². The molecule has 54 heavy (non-hydrogen) atoms. The van der Waals surface area contributed by atoms with Gasteiger partial charge in [-0.15, -0.1) is 23.1 Å². The molecular weight excluding hydrogens is 733 g/mol. The number of thiazole rings is 1. The van der Waals surface area contributed by atoms with Crippen molar-refractivity contribution < 1.29 is 39.0 Å². The number of hydrogen-bond acceptors (Lipinski definition) is 11. The molecule has 4 heterocycles. The van der Waals surface area contributed by atoms with Gasteiger partial charge in [-0.2, -0.15) is 0 Å². The number of likely N-dealkylation sites (tertiary alicyclic amines) is 1. The van der Waals surface area contributed by atoms with Crippen LogP contribution in [0.2, 0.25) is 0 Å². The van der Waals surface area contributed by atoms with Crippen LogP contribution in [0.4, 0.5) is 5.13 Å². The van der Waals surface area contributed by atoms with E-state index in [-0.39, 0.29) is 52.1 Å². The number of allylic oxidation sites excluding steroid dienone is 1. The first kappa shape index (κ1) is 36.1. The Balaban J connectivity index is 1.21. The van der Waals surface area contributed by atoms with Crippen molar-refractivity contribution in [2.75, 3.05) is 24.6 Å². The van der Waals surface area contributed by atoms with Crippen molar-refractivity contribution in [2.24, 2.45) is 5.16 Å². The summed E-state index contributed by atoms with van der Waals surface area (Å²) in [5.74, 6) is -4.42. The Hall–Kier alpha value is -6.26. The van der Waals surface area contributed by atoms with Crippen molar-refractivity contribution >= 4 is 63.6 Å². The topological polar surface area (TPSA) is 205 Å². The number of β-lactam (4-membered cyclic amide) rings is 1. The van der Waals surface area contributed by atoms with E-state index in [1.54, 1.807) is 5.38 Å². The molecule has 0 spiro atoms. The minimum atomic E-state index is -1.38. The van der Waals surface area contributed by atoms with Crippen LogP contribution in [0.5, 0.6) is 0 Å². The smallest absolute Gasteiger partial charge is 0.352 e. The molecular formula is C38H32N6O8S2. The van der Waals surface area contributed by atoms with Crippen LogP contribution in [-0.2, 0) is 34.4 Å². The van der Waals surface area contributed by atoms with E-state index in [0.717, 1.165) is 37.8 Å². The van der Waals surface area contributed by atoms with Crippen LogP contribution < -0.4 is 11.1 Å². The Kier molecular flexibility index (Phi) is 10.0.